The summed E-state index contributed by atoms with van der Waals surface area (Å²) in [5, 5.41) is 8.92. The summed E-state index contributed by atoms with van der Waals surface area (Å²) in [6, 6.07) is 0. The first-order valence-electron chi connectivity index (χ1n) is 5.28. The minimum absolute atomic E-state index is 0.192. The Hall–Kier alpha value is -0.610. The summed E-state index contributed by atoms with van der Waals surface area (Å²) in [7, 11) is 0. The van der Waals surface area contributed by atoms with Crippen LogP contribution in [0.2, 0.25) is 0 Å². The van der Waals surface area contributed by atoms with Gasteiger partial charge in [0.25, 0.3) is 0 Å². The van der Waals surface area contributed by atoms with E-state index in [9.17, 15) is 4.79 Å². The largest absolute Gasteiger partial charge is 0.481 e. The molecule has 0 aromatic rings. The zero-order valence-electron chi connectivity index (χ0n) is 8.37. The van der Waals surface area contributed by atoms with Gasteiger partial charge in [-0.1, -0.05) is 0 Å². The maximum Gasteiger partial charge on any atom is 0.305 e. The van der Waals surface area contributed by atoms with Gasteiger partial charge in [-0.2, -0.15) is 0 Å². The van der Waals surface area contributed by atoms with Crippen LogP contribution >= 0.6 is 0 Å². The fraction of sp³-hybridized carbons (Fsp3) is 0.900. The van der Waals surface area contributed by atoms with Crippen LogP contribution in [0.5, 0.6) is 0 Å². The van der Waals surface area contributed by atoms with Crippen LogP contribution in [0, 0.1) is 0 Å². The molecule has 0 aromatic carbocycles. The van der Waals surface area contributed by atoms with Crippen LogP contribution in [0.15, 0.2) is 0 Å². The Bertz CT molecular complexity index is 217. The highest BCUT2D eigenvalue weighted by Crippen LogP contribution is 2.32. The van der Waals surface area contributed by atoms with E-state index in [2.05, 4.69) is 4.90 Å². The number of aliphatic carboxylic acids is 1. The molecule has 2 rings (SSSR count). The van der Waals surface area contributed by atoms with Gasteiger partial charge in [-0.25, -0.2) is 0 Å². The van der Waals surface area contributed by atoms with E-state index in [1.807, 2.05) is 0 Å². The maximum absolute atomic E-state index is 10.8. The fourth-order valence-corrected chi connectivity index (χ4v) is 2.57. The van der Waals surface area contributed by atoms with Crippen LogP contribution in [0.3, 0.4) is 0 Å². The summed E-state index contributed by atoms with van der Waals surface area (Å²) in [6.45, 7) is 3.39. The second-order valence-electron chi connectivity index (χ2n) is 4.29. The molecule has 2 heterocycles. The molecule has 14 heavy (non-hydrogen) atoms. The molecular weight excluding hydrogens is 182 g/mol. The summed E-state index contributed by atoms with van der Waals surface area (Å²) in [6.07, 6.45) is 3.50. The molecule has 1 unspecified atom stereocenters. The van der Waals surface area contributed by atoms with Gasteiger partial charge >= 0.3 is 5.97 Å². The van der Waals surface area contributed by atoms with E-state index < -0.39 is 5.97 Å². The van der Waals surface area contributed by atoms with Gasteiger partial charge in [0.15, 0.2) is 0 Å². The second-order valence-corrected chi connectivity index (χ2v) is 4.29. The summed E-state index contributed by atoms with van der Waals surface area (Å²) in [5.41, 5.74) is -0.192. The fourth-order valence-electron chi connectivity index (χ4n) is 2.57. The van der Waals surface area contributed by atoms with E-state index in [0.29, 0.717) is 13.2 Å². The number of nitrogens with zero attached hydrogens (tertiary/aromatic N) is 1. The number of carboxylic acid groups (broad SMARTS) is 1. The van der Waals surface area contributed by atoms with Crippen molar-refractivity contribution < 1.29 is 14.6 Å². The molecule has 0 radical (unpaired) electrons. The van der Waals surface area contributed by atoms with Crippen LogP contribution in [0.4, 0.5) is 0 Å². The van der Waals surface area contributed by atoms with Crippen molar-refractivity contribution in [1.82, 2.24) is 4.90 Å². The lowest BCUT2D eigenvalue weighted by Gasteiger charge is -2.36. The lowest BCUT2D eigenvalue weighted by atomic mass is 9.92. The standard InChI is InChI=1S/C10H17NO3/c12-9(13)7-10(3-6-14-8-10)11-4-1-2-5-11/h1-8H2,(H,12,13). The SMILES string of the molecule is O=C(O)CC1(N2CCCC2)CCOC1. The molecule has 0 saturated carbocycles. The molecule has 0 spiro atoms. The first-order valence-corrected chi connectivity index (χ1v) is 5.28. The van der Waals surface area contributed by atoms with Crippen LogP contribution in [0.25, 0.3) is 0 Å². The van der Waals surface area contributed by atoms with Crippen LogP contribution in [0.1, 0.15) is 25.7 Å². The van der Waals surface area contributed by atoms with E-state index in [1.54, 1.807) is 0 Å². The van der Waals surface area contributed by atoms with E-state index in [4.69, 9.17) is 9.84 Å². The highest BCUT2D eigenvalue weighted by molar-refractivity contribution is 5.68. The highest BCUT2D eigenvalue weighted by Gasteiger charge is 2.43. The van der Waals surface area contributed by atoms with Crippen LogP contribution in [-0.2, 0) is 9.53 Å². The summed E-state index contributed by atoms with van der Waals surface area (Å²) in [4.78, 5) is 13.1. The molecule has 0 aliphatic carbocycles. The monoisotopic (exact) mass is 199 g/mol. The summed E-state index contributed by atoms with van der Waals surface area (Å²) in [5.74, 6) is -0.706. The van der Waals surface area contributed by atoms with Gasteiger partial charge in [0.05, 0.1) is 18.6 Å². The smallest absolute Gasteiger partial charge is 0.305 e. The molecule has 0 aromatic heterocycles. The van der Waals surface area contributed by atoms with E-state index >= 15 is 0 Å². The molecule has 4 nitrogen and oxygen atoms in total. The molecule has 1 N–H and O–H groups in total. The van der Waals surface area contributed by atoms with Gasteiger partial charge in [-0.15, -0.1) is 0 Å². The number of carbonyl (C=O) groups is 1. The molecule has 4 heteroatoms. The van der Waals surface area contributed by atoms with Gasteiger partial charge in [0.2, 0.25) is 0 Å². The molecule has 0 bridgehead atoms. The lowest BCUT2D eigenvalue weighted by molar-refractivity contribution is -0.140. The number of likely N-dealkylation sites (tertiary alicyclic amines) is 1. The average Bonchev–Trinajstić information content (AvgIpc) is 2.69. The zero-order valence-corrected chi connectivity index (χ0v) is 8.37. The number of hydrogen-bond acceptors (Lipinski definition) is 3. The Labute approximate surface area is 83.8 Å². The van der Waals surface area contributed by atoms with Crippen molar-refractivity contribution in [3.8, 4) is 0 Å². The molecule has 2 saturated heterocycles. The Morgan fingerprint density at radius 3 is 2.64 bits per heavy atom. The van der Waals surface area contributed by atoms with E-state index in [1.165, 1.54) is 12.8 Å². The minimum Gasteiger partial charge on any atom is -0.481 e. The third kappa shape index (κ3) is 1.77. The molecule has 1 atom stereocenters. The van der Waals surface area contributed by atoms with Crippen LogP contribution in [-0.4, -0.2) is 47.8 Å². The topological polar surface area (TPSA) is 49.8 Å². The molecule has 80 valence electrons. The first-order chi connectivity index (χ1) is 6.73. The van der Waals surface area contributed by atoms with Gasteiger partial charge in [-0.05, 0) is 32.4 Å². The number of hydrogen-bond donors (Lipinski definition) is 1. The van der Waals surface area contributed by atoms with Crippen molar-refractivity contribution in [2.24, 2.45) is 0 Å². The van der Waals surface area contributed by atoms with Gasteiger partial charge in [0.1, 0.15) is 0 Å². The first kappa shape index (κ1) is 9.93. The predicted octanol–water partition coefficient (Wildman–Crippen LogP) is 0.716. The number of ether oxygens (including phenoxy) is 1. The Kier molecular flexibility index (Phi) is 2.74. The Morgan fingerprint density at radius 2 is 2.14 bits per heavy atom. The lowest BCUT2D eigenvalue weighted by Crippen LogP contribution is -2.49. The Morgan fingerprint density at radius 1 is 1.43 bits per heavy atom. The molecule has 2 fully saturated rings. The third-order valence-corrected chi connectivity index (χ3v) is 3.34. The van der Waals surface area contributed by atoms with Crippen molar-refractivity contribution in [2.45, 2.75) is 31.2 Å². The normalized spacial score (nSPS) is 33.7. The maximum atomic E-state index is 10.8. The van der Waals surface area contributed by atoms with E-state index in [0.717, 1.165) is 19.5 Å². The van der Waals surface area contributed by atoms with Gasteiger partial charge in [0, 0.05) is 6.61 Å². The van der Waals surface area contributed by atoms with Gasteiger partial charge < -0.3 is 9.84 Å². The third-order valence-electron chi connectivity index (χ3n) is 3.34. The van der Waals surface area contributed by atoms with Crippen molar-refractivity contribution >= 4 is 5.97 Å². The predicted molar refractivity (Wildman–Crippen MR) is 51.2 cm³/mol. The van der Waals surface area contributed by atoms with Crippen molar-refractivity contribution in [3.63, 3.8) is 0 Å². The zero-order chi connectivity index (χ0) is 10.0. The van der Waals surface area contributed by atoms with Gasteiger partial charge in [-0.3, -0.25) is 9.69 Å². The van der Waals surface area contributed by atoms with E-state index in [-0.39, 0.29) is 12.0 Å². The summed E-state index contributed by atoms with van der Waals surface area (Å²) < 4.78 is 5.37. The molecule has 2 aliphatic heterocycles. The molecule has 2 aliphatic rings. The average molecular weight is 199 g/mol. The quantitative estimate of drug-likeness (QED) is 0.727. The summed E-state index contributed by atoms with van der Waals surface area (Å²) >= 11 is 0. The highest BCUT2D eigenvalue weighted by atomic mass is 16.5. The van der Waals surface area contributed by atoms with Crippen LogP contribution < -0.4 is 0 Å². The minimum atomic E-state index is -0.706. The van der Waals surface area contributed by atoms with Crippen molar-refractivity contribution in [2.75, 3.05) is 26.3 Å². The second kappa shape index (κ2) is 3.87. The van der Waals surface area contributed by atoms with Crippen molar-refractivity contribution in [3.05, 3.63) is 0 Å². The molecular formula is C10H17NO3. The number of carboxylic acids is 1. The number of rotatable bonds is 3. The Balaban J connectivity index is 2.08. The molecule has 0 amide bonds. The van der Waals surface area contributed by atoms with Crippen molar-refractivity contribution in [1.29, 1.82) is 0 Å².